The summed E-state index contributed by atoms with van der Waals surface area (Å²) in [5.41, 5.74) is -0.591. The molecule has 2 nitrogen and oxygen atoms in total. The Morgan fingerprint density at radius 1 is 0.793 bits per heavy atom. The number of allylic oxidation sites excluding steroid dienone is 1. The molecule has 0 heterocycles. The van der Waals surface area contributed by atoms with E-state index in [4.69, 9.17) is 0 Å². The lowest BCUT2D eigenvalue weighted by Crippen LogP contribution is -2.34. The number of hydrogen-bond acceptors (Lipinski definition) is 2. The van der Waals surface area contributed by atoms with Crippen molar-refractivity contribution in [3.63, 3.8) is 0 Å². The normalized spacial score (nSPS) is 21.7. The Kier molecular flexibility index (Phi) is 4.63. The Bertz CT molecular complexity index is 1100. The summed E-state index contributed by atoms with van der Waals surface area (Å²) in [4.78, 5) is 13.2. The molecule has 1 N–H and O–H groups in total. The summed E-state index contributed by atoms with van der Waals surface area (Å²) in [6, 6.07) is 16.8. The zero-order chi connectivity index (χ0) is 20.8. The molecule has 0 saturated carbocycles. The lowest BCUT2D eigenvalue weighted by molar-refractivity contribution is -0.121. The van der Waals surface area contributed by atoms with Crippen LogP contribution in [0.4, 0.5) is 13.2 Å². The number of carbonyl (C=O) groups is 1. The van der Waals surface area contributed by atoms with Crippen molar-refractivity contribution in [2.24, 2.45) is 5.92 Å². The fourth-order valence-electron chi connectivity index (χ4n) is 3.98. The summed E-state index contributed by atoms with van der Waals surface area (Å²) in [6.45, 7) is 1.52. The Labute approximate surface area is 165 Å². The molecule has 0 bridgehead atoms. The molecule has 3 aromatic carbocycles. The van der Waals surface area contributed by atoms with Crippen molar-refractivity contribution in [1.29, 1.82) is 0 Å². The molecule has 0 amide bonds. The molecule has 2 atom stereocenters. The van der Waals surface area contributed by atoms with Gasteiger partial charge in [-0.2, -0.15) is 0 Å². The SMILES string of the molecule is C[C@@H]1C(=O)C(c2ccc(F)cc2)=C(c2ccccc2)[C@@]1(O)c1cc(F)cc(F)c1. The molecule has 0 fully saturated rings. The van der Waals surface area contributed by atoms with E-state index in [0.29, 0.717) is 17.2 Å². The third-order valence-electron chi connectivity index (χ3n) is 5.40. The summed E-state index contributed by atoms with van der Waals surface area (Å²) in [7, 11) is 0. The van der Waals surface area contributed by atoms with Crippen molar-refractivity contribution >= 4 is 16.9 Å². The molecule has 3 aromatic rings. The van der Waals surface area contributed by atoms with E-state index in [1.54, 1.807) is 30.3 Å². The molecule has 0 aliphatic heterocycles. The maximum Gasteiger partial charge on any atom is 0.170 e. The molecule has 146 valence electrons. The lowest BCUT2D eigenvalue weighted by Gasteiger charge is -2.31. The van der Waals surface area contributed by atoms with Crippen LogP contribution in [-0.2, 0) is 10.4 Å². The third-order valence-corrected chi connectivity index (χ3v) is 5.40. The zero-order valence-corrected chi connectivity index (χ0v) is 15.5. The van der Waals surface area contributed by atoms with Gasteiger partial charge in [0.05, 0.1) is 5.92 Å². The Balaban J connectivity index is 2.06. The van der Waals surface area contributed by atoms with Gasteiger partial charge in [-0.1, -0.05) is 49.4 Å². The van der Waals surface area contributed by atoms with Crippen LogP contribution in [0, 0.1) is 23.4 Å². The summed E-state index contributed by atoms with van der Waals surface area (Å²) < 4.78 is 41.4. The van der Waals surface area contributed by atoms with Gasteiger partial charge in [-0.15, -0.1) is 0 Å². The van der Waals surface area contributed by atoms with E-state index >= 15 is 0 Å². The van der Waals surface area contributed by atoms with Crippen LogP contribution in [0.3, 0.4) is 0 Å². The van der Waals surface area contributed by atoms with Crippen LogP contribution in [0.25, 0.3) is 11.1 Å². The average Bonchev–Trinajstić information content (AvgIpc) is 2.91. The Hall–Kier alpha value is -3.18. The molecule has 0 saturated heterocycles. The number of hydrogen-bond donors (Lipinski definition) is 1. The number of ketones is 1. The van der Waals surface area contributed by atoms with Crippen LogP contribution in [-0.4, -0.2) is 10.9 Å². The molecule has 29 heavy (non-hydrogen) atoms. The van der Waals surface area contributed by atoms with Gasteiger partial charge in [0, 0.05) is 17.2 Å². The second-order valence-electron chi connectivity index (χ2n) is 7.13. The predicted octanol–water partition coefficient (Wildman–Crippen LogP) is 5.12. The molecule has 0 spiro atoms. The second kappa shape index (κ2) is 7.01. The first-order valence-electron chi connectivity index (χ1n) is 9.11. The molecule has 0 aromatic heterocycles. The summed E-state index contributed by atoms with van der Waals surface area (Å²) in [5, 5.41) is 11.8. The largest absolute Gasteiger partial charge is 0.380 e. The quantitative estimate of drug-likeness (QED) is 0.669. The van der Waals surface area contributed by atoms with Crippen LogP contribution >= 0.6 is 0 Å². The molecule has 0 unspecified atom stereocenters. The summed E-state index contributed by atoms with van der Waals surface area (Å²) in [6.07, 6.45) is 0. The first-order valence-corrected chi connectivity index (χ1v) is 9.11. The fraction of sp³-hybridized carbons (Fsp3) is 0.125. The fourth-order valence-corrected chi connectivity index (χ4v) is 3.98. The van der Waals surface area contributed by atoms with Gasteiger partial charge < -0.3 is 5.11 Å². The minimum Gasteiger partial charge on any atom is -0.380 e. The van der Waals surface area contributed by atoms with Crippen LogP contribution in [0.1, 0.15) is 23.6 Å². The van der Waals surface area contributed by atoms with E-state index in [9.17, 15) is 23.1 Å². The van der Waals surface area contributed by atoms with Crippen LogP contribution in [0.2, 0.25) is 0 Å². The van der Waals surface area contributed by atoms with Gasteiger partial charge in [0.1, 0.15) is 23.1 Å². The van der Waals surface area contributed by atoms with E-state index in [1.165, 1.54) is 31.2 Å². The molecule has 1 aliphatic rings. The van der Waals surface area contributed by atoms with Gasteiger partial charge in [-0.05, 0) is 41.0 Å². The van der Waals surface area contributed by atoms with Gasteiger partial charge in [-0.25, -0.2) is 13.2 Å². The smallest absolute Gasteiger partial charge is 0.170 e. The highest BCUT2D eigenvalue weighted by atomic mass is 19.1. The highest BCUT2D eigenvalue weighted by molar-refractivity contribution is 6.33. The highest BCUT2D eigenvalue weighted by Crippen LogP contribution is 2.53. The number of halogens is 3. The van der Waals surface area contributed by atoms with Crippen molar-refractivity contribution in [2.45, 2.75) is 12.5 Å². The zero-order valence-electron chi connectivity index (χ0n) is 15.5. The molecule has 5 heteroatoms. The van der Waals surface area contributed by atoms with Crippen molar-refractivity contribution in [2.75, 3.05) is 0 Å². The second-order valence-corrected chi connectivity index (χ2v) is 7.13. The van der Waals surface area contributed by atoms with Gasteiger partial charge >= 0.3 is 0 Å². The van der Waals surface area contributed by atoms with Gasteiger partial charge in [0.15, 0.2) is 5.78 Å². The lowest BCUT2D eigenvalue weighted by atomic mass is 9.78. The van der Waals surface area contributed by atoms with Crippen molar-refractivity contribution < 1.29 is 23.1 Å². The standard InChI is InChI=1S/C24H17F3O2/c1-14-23(28)21(15-7-9-18(25)10-8-15)22(16-5-3-2-4-6-16)24(14,29)17-11-19(26)13-20(27)12-17/h2-14,29H,1H3/t14-,24+/m1/s1. The molecule has 4 rings (SSSR count). The predicted molar refractivity (Wildman–Crippen MR) is 104 cm³/mol. The maximum absolute atomic E-state index is 14.0. The van der Waals surface area contributed by atoms with Gasteiger partial charge in [-0.3, -0.25) is 4.79 Å². The van der Waals surface area contributed by atoms with E-state index in [2.05, 4.69) is 0 Å². The van der Waals surface area contributed by atoms with Crippen molar-refractivity contribution in [3.8, 4) is 0 Å². The van der Waals surface area contributed by atoms with E-state index in [0.717, 1.165) is 12.1 Å². The van der Waals surface area contributed by atoms with E-state index < -0.39 is 29.0 Å². The molecule has 0 radical (unpaired) electrons. The minimum absolute atomic E-state index is 0.0492. The van der Waals surface area contributed by atoms with Crippen LogP contribution in [0.15, 0.2) is 72.8 Å². The summed E-state index contributed by atoms with van der Waals surface area (Å²) >= 11 is 0. The minimum atomic E-state index is -1.95. The first kappa shape index (κ1) is 19.2. The monoisotopic (exact) mass is 394 g/mol. The van der Waals surface area contributed by atoms with Crippen molar-refractivity contribution in [3.05, 3.63) is 107 Å². The number of carbonyl (C=O) groups excluding carboxylic acids is 1. The number of benzene rings is 3. The van der Waals surface area contributed by atoms with Crippen LogP contribution < -0.4 is 0 Å². The number of Topliss-reactive ketones (excluding diaryl/α,β-unsaturated/α-hetero) is 1. The molecular weight excluding hydrogens is 377 g/mol. The highest BCUT2D eigenvalue weighted by Gasteiger charge is 2.52. The van der Waals surface area contributed by atoms with Gasteiger partial charge in [0.2, 0.25) is 0 Å². The molecular formula is C24H17F3O2. The number of aliphatic hydroxyl groups is 1. The van der Waals surface area contributed by atoms with Crippen LogP contribution in [0.5, 0.6) is 0 Å². The number of rotatable bonds is 3. The van der Waals surface area contributed by atoms with Gasteiger partial charge in [0.25, 0.3) is 0 Å². The topological polar surface area (TPSA) is 37.3 Å². The Morgan fingerprint density at radius 3 is 1.97 bits per heavy atom. The summed E-state index contributed by atoms with van der Waals surface area (Å²) in [5.74, 6) is -3.55. The average molecular weight is 394 g/mol. The molecule has 1 aliphatic carbocycles. The van der Waals surface area contributed by atoms with E-state index in [1.807, 2.05) is 0 Å². The van der Waals surface area contributed by atoms with Crippen molar-refractivity contribution in [1.82, 2.24) is 0 Å². The third kappa shape index (κ3) is 3.08. The van der Waals surface area contributed by atoms with E-state index in [-0.39, 0.29) is 22.5 Å². The Morgan fingerprint density at radius 2 is 1.38 bits per heavy atom. The maximum atomic E-state index is 14.0. The first-order chi connectivity index (χ1) is 13.8.